The van der Waals surface area contributed by atoms with Gasteiger partial charge in [0.05, 0.1) is 19.7 Å². The monoisotopic (exact) mass is 224 g/mol. The summed E-state index contributed by atoms with van der Waals surface area (Å²) in [5, 5.41) is 4.15. The second kappa shape index (κ2) is 3.66. The molecule has 3 nitrogen and oxygen atoms in total. The SMILES string of the molecule is Cc1cc(F)cc(F)c1-c1nn(C)c[n+]1C. The van der Waals surface area contributed by atoms with Crippen molar-refractivity contribution in [2.24, 2.45) is 14.1 Å². The lowest BCUT2D eigenvalue weighted by Crippen LogP contribution is -2.28. The van der Waals surface area contributed by atoms with Crippen molar-refractivity contribution in [3.8, 4) is 11.4 Å². The summed E-state index contributed by atoms with van der Waals surface area (Å²) in [5.41, 5.74) is 0.872. The Hall–Kier alpha value is -1.78. The van der Waals surface area contributed by atoms with Crippen LogP contribution in [0.3, 0.4) is 0 Å². The van der Waals surface area contributed by atoms with E-state index in [0.717, 1.165) is 6.07 Å². The van der Waals surface area contributed by atoms with Crippen molar-refractivity contribution in [1.82, 2.24) is 9.78 Å². The average Bonchev–Trinajstić information content (AvgIpc) is 2.43. The number of aromatic nitrogens is 3. The largest absolute Gasteiger partial charge is 0.311 e. The fourth-order valence-electron chi connectivity index (χ4n) is 1.76. The molecule has 1 aromatic heterocycles. The second-order valence-electron chi connectivity index (χ2n) is 3.80. The molecule has 0 atom stereocenters. The van der Waals surface area contributed by atoms with Crippen LogP contribution in [-0.4, -0.2) is 9.78 Å². The minimum atomic E-state index is -0.591. The summed E-state index contributed by atoms with van der Waals surface area (Å²) < 4.78 is 29.9. The highest BCUT2D eigenvalue weighted by molar-refractivity contribution is 5.58. The van der Waals surface area contributed by atoms with Gasteiger partial charge in [-0.3, -0.25) is 0 Å². The molecule has 2 aromatic rings. The van der Waals surface area contributed by atoms with Crippen LogP contribution in [0.15, 0.2) is 18.5 Å². The van der Waals surface area contributed by atoms with E-state index < -0.39 is 11.6 Å². The van der Waals surface area contributed by atoms with Crippen LogP contribution in [0.2, 0.25) is 0 Å². The van der Waals surface area contributed by atoms with Crippen LogP contribution in [0, 0.1) is 18.6 Å². The maximum Gasteiger partial charge on any atom is 0.311 e. The molecule has 2 rings (SSSR count). The Morgan fingerprint density at radius 2 is 2.00 bits per heavy atom. The number of nitrogens with zero attached hydrogens (tertiary/aromatic N) is 3. The molecule has 1 aromatic carbocycles. The molecule has 0 spiro atoms. The summed E-state index contributed by atoms with van der Waals surface area (Å²) in [6.07, 6.45) is 1.72. The Morgan fingerprint density at radius 1 is 1.31 bits per heavy atom. The van der Waals surface area contributed by atoms with Crippen molar-refractivity contribution in [2.45, 2.75) is 6.92 Å². The molecule has 0 N–H and O–H groups in total. The van der Waals surface area contributed by atoms with Gasteiger partial charge < -0.3 is 0 Å². The predicted molar refractivity (Wildman–Crippen MR) is 54.5 cm³/mol. The maximum atomic E-state index is 13.7. The molecular formula is C11H12F2N3+. The van der Waals surface area contributed by atoms with Crippen LogP contribution in [0.4, 0.5) is 8.78 Å². The normalized spacial score (nSPS) is 10.8. The third-order valence-electron chi connectivity index (χ3n) is 2.40. The summed E-state index contributed by atoms with van der Waals surface area (Å²) in [4.78, 5) is 0. The standard InChI is InChI=1S/C11H12F2N3/c1-7-4-8(12)5-9(13)10(7)11-14-16(3)6-15(11)2/h4-6H,1-3H3/q+1. The molecule has 0 aliphatic heterocycles. The molecule has 0 unspecified atom stereocenters. The van der Waals surface area contributed by atoms with Crippen LogP contribution in [0.25, 0.3) is 11.4 Å². The lowest BCUT2D eigenvalue weighted by molar-refractivity contribution is -0.661. The van der Waals surface area contributed by atoms with Gasteiger partial charge >= 0.3 is 5.82 Å². The topological polar surface area (TPSA) is 21.7 Å². The van der Waals surface area contributed by atoms with E-state index in [1.807, 2.05) is 0 Å². The Morgan fingerprint density at radius 3 is 2.50 bits per heavy atom. The Labute approximate surface area is 92.0 Å². The fraction of sp³-hybridized carbons (Fsp3) is 0.273. The van der Waals surface area contributed by atoms with Gasteiger partial charge in [-0.15, -0.1) is 4.68 Å². The van der Waals surface area contributed by atoms with Gasteiger partial charge in [-0.2, -0.15) is 0 Å². The molecule has 0 saturated heterocycles. The fourth-order valence-corrected chi connectivity index (χ4v) is 1.76. The molecule has 84 valence electrons. The summed E-state index contributed by atoms with van der Waals surface area (Å²) >= 11 is 0. The molecule has 0 radical (unpaired) electrons. The minimum Gasteiger partial charge on any atom is -0.233 e. The van der Waals surface area contributed by atoms with Gasteiger partial charge in [-0.25, -0.2) is 13.3 Å². The number of hydrogen-bond acceptors (Lipinski definition) is 1. The quantitative estimate of drug-likeness (QED) is 0.673. The van der Waals surface area contributed by atoms with Crippen molar-refractivity contribution in [3.63, 3.8) is 0 Å². The predicted octanol–water partition coefficient (Wildman–Crippen LogP) is 1.50. The first-order valence-electron chi connectivity index (χ1n) is 4.84. The van der Waals surface area contributed by atoms with Gasteiger partial charge in [0.1, 0.15) is 11.6 Å². The van der Waals surface area contributed by atoms with E-state index in [-0.39, 0.29) is 0 Å². The highest BCUT2D eigenvalue weighted by atomic mass is 19.1. The van der Waals surface area contributed by atoms with E-state index in [2.05, 4.69) is 5.10 Å². The highest BCUT2D eigenvalue weighted by Crippen LogP contribution is 2.23. The van der Waals surface area contributed by atoms with E-state index in [9.17, 15) is 8.78 Å². The van der Waals surface area contributed by atoms with E-state index in [1.165, 1.54) is 6.07 Å². The molecular weight excluding hydrogens is 212 g/mol. The number of halogens is 2. The number of rotatable bonds is 1. The first kappa shape index (κ1) is 10.7. The van der Waals surface area contributed by atoms with E-state index in [1.54, 1.807) is 36.6 Å². The first-order valence-corrected chi connectivity index (χ1v) is 4.84. The molecule has 0 aliphatic rings. The highest BCUT2D eigenvalue weighted by Gasteiger charge is 2.21. The lowest BCUT2D eigenvalue weighted by atomic mass is 10.1. The molecule has 0 aliphatic carbocycles. The second-order valence-corrected chi connectivity index (χ2v) is 3.80. The lowest BCUT2D eigenvalue weighted by Gasteiger charge is -2.02. The van der Waals surface area contributed by atoms with Gasteiger partial charge in [0.25, 0.3) is 0 Å². The molecule has 0 saturated carbocycles. The van der Waals surface area contributed by atoms with E-state index in [0.29, 0.717) is 17.0 Å². The molecule has 1 heterocycles. The van der Waals surface area contributed by atoms with Gasteiger partial charge in [0.15, 0.2) is 0 Å². The molecule has 5 heteroatoms. The third-order valence-corrected chi connectivity index (χ3v) is 2.40. The zero-order valence-corrected chi connectivity index (χ0v) is 9.33. The Balaban J connectivity index is 2.69. The van der Waals surface area contributed by atoms with Crippen LogP contribution >= 0.6 is 0 Å². The van der Waals surface area contributed by atoms with Gasteiger partial charge in [0.2, 0.25) is 6.33 Å². The van der Waals surface area contributed by atoms with Gasteiger partial charge in [0, 0.05) is 11.2 Å². The molecule has 16 heavy (non-hydrogen) atoms. The van der Waals surface area contributed by atoms with Crippen LogP contribution in [0.1, 0.15) is 5.56 Å². The van der Waals surface area contributed by atoms with E-state index >= 15 is 0 Å². The van der Waals surface area contributed by atoms with Gasteiger partial charge in [-0.05, 0) is 18.6 Å². The van der Waals surface area contributed by atoms with Crippen molar-refractivity contribution >= 4 is 0 Å². The molecule has 0 fully saturated rings. The van der Waals surface area contributed by atoms with Crippen molar-refractivity contribution in [3.05, 3.63) is 35.7 Å². The Kier molecular flexibility index (Phi) is 2.46. The van der Waals surface area contributed by atoms with Crippen LogP contribution in [0.5, 0.6) is 0 Å². The van der Waals surface area contributed by atoms with Crippen molar-refractivity contribution < 1.29 is 13.3 Å². The van der Waals surface area contributed by atoms with Crippen molar-refractivity contribution in [2.75, 3.05) is 0 Å². The number of hydrogen-bond donors (Lipinski definition) is 0. The van der Waals surface area contributed by atoms with Crippen LogP contribution in [-0.2, 0) is 14.1 Å². The zero-order chi connectivity index (χ0) is 11.9. The smallest absolute Gasteiger partial charge is 0.233 e. The first-order chi connectivity index (χ1) is 7.49. The van der Waals surface area contributed by atoms with Crippen LogP contribution < -0.4 is 4.57 Å². The van der Waals surface area contributed by atoms with Gasteiger partial charge in [-0.1, -0.05) is 0 Å². The summed E-state index contributed by atoms with van der Waals surface area (Å²) in [7, 11) is 3.52. The van der Waals surface area contributed by atoms with E-state index in [4.69, 9.17) is 0 Å². The third kappa shape index (κ3) is 1.68. The zero-order valence-electron chi connectivity index (χ0n) is 9.33. The summed E-state index contributed by atoms with van der Waals surface area (Å²) in [6.45, 7) is 1.66. The maximum absolute atomic E-state index is 13.7. The number of aryl methyl sites for hydroxylation is 3. The minimum absolute atomic E-state index is 0.338. The number of benzene rings is 1. The average molecular weight is 224 g/mol. The summed E-state index contributed by atoms with van der Waals surface area (Å²) in [5.74, 6) is -0.679. The molecule has 0 amide bonds. The summed E-state index contributed by atoms with van der Waals surface area (Å²) in [6, 6.07) is 2.17. The Bertz CT molecular complexity index is 523. The van der Waals surface area contributed by atoms with Crippen molar-refractivity contribution in [1.29, 1.82) is 0 Å². The molecule has 0 bridgehead atoms.